The molecule has 1 aromatic carbocycles. The summed E-state index contributed by atoms with van der Waals surface area (Å²) in [6, 6.07) is 8.14. The number of carbonyl (C=O) groups is 1. The highest BCUT2D eigenvalue weighted by atomic mass is 79.9. The summed E-state index contributed by atoms with van der Waals surface area (Å²) in [5.74, 6) is -0.00343. The van der Waals surface area contributed by atoms with Gasteiger partial charge in [0.2, 0.25) is 5.91 Å². The van der Waals surface area contributed by atoms with Crippen molar-refractivity contribution in [1.29, 1.82) is 0 Å². The zero-order chi connectivity index (χ0) is 15.9. The number of amides is 1. The molecule has 22 heavy (non-hydrogen) atoms. The number of hydrogen-bond donors (Lipinski definition) is 0. The van der Waals surface area contributed by atoms with Crippen LogP contribution in [0.3, 0.4) is 0 Å². The molecule has 0 saturated heterocycles. The normalized spacial score (nSPS) is 10.8. The van der Waals surface area contributed by atoms with E-state index >= 15 is 0 Å². The van der Waals surface area contributed by atoms with Gasteiger partial charge < -0.3 is 9.32 Å². The number of nitrogens with zero attached hydrogens (tertiary/aromatic N) is 1. The Morgan fingerprint density at radius 3 is 2.91 bits per heavy atom. The second-order valence-electron chi connectivity index (χ2n) is 4.59. The molecule has 2 aromatic rings. The monoisotopic (exact) mass is 363 g/mol. The molecule has 1 amide bonds. The molecule has 1 heterocycles. The summed E-state index contributed by atoms with van der Waals surface area (Å²) in [6.45, 7) is 4.13. The second kappa shape index (κ2) is 7.75. The number of halogens is 2. The first-order valence-electron chi connectivity index (χ1n) is 6.65. The minimum absolute atomic E-state index is 0.165. The molecule has 1 aromatic heterocycles. The predicted molar refractivity (Wildman–Crippen MR) is 87.5 cm³/mol. The molecule has 0 bridgehead atoms. The van der Waals surface area contributed by atoms with Gasteiger partial charge in [-0.2, -0.15) is 0 Å². The van der Waals surface area contributed by atoms with Crippen LogP contribution in [0.15, 0.2) is 64.2 Å². The van der Waals surface area contributed by atoms with E-state index in [4.69, 9.17) is 4.42 Å². The Hall–Kier alpha value is -2.14. The van der Waals surface area contributed by atoms with Crippen LogP contribution in [0.25, 0.3) is 6.08 Å². The van der Waals surface area contributed by atoms with Crippen molar-refractivity contribution >= 4 is 27.9 Å². The lowest BCUT2D eigenvalue weighted by Crippen LogP contribution is -2.29. The number of carbonyl (C=O) groups excluding carboxylic acids is 1. The van der Waals surface area contributed by atoms with E-state index in [-0.39, 0.29) is 18.3 Å². The van der Waals surface area contributed by atoms with E-state index in [1.165, 1.54) is 23.3 Å². The molecule has 0 aliphatic carbocycles. The van der Waals surface area contributed by atoms with Crippen molar-refractivity contribution in [1.82, 2.24) is 4.90 Å². The lowest BCUT2D eigenvalue weighted by atomic mass is 10.2. The maximum atomic E-state index is 13.8. The molecule has 0 atom stereocenters. The Balaban J connectivity index is 2.13. The average molecular weight is 364 g/mol. The van der Waals surface area contributed by atoms with E-state index in [9.17, 15) is 9.18 Å². The third kappa shape index (κ3) is 4.43. The molecule has 3 nitrogen and oxygen atoms in total. The molecular formula is C17H15BrFNO2. The first kappa shape index (κ1) is 16.2. The molecule has 0 N–H and O–H groups in total. The van der Waals surface area contributed by atoms with E-state index in [0.29, 0.717) is 17.9 Å². The number of benzene rings is 1. The number of rotatable bonds is 6. The fourth-order valence-corrected chi connectivity index (χ4v) is 2.31. The highest BCUT2D eigenvalue weighted by molar-refractivity contribution is 9.10. The lowest BCUT2D eigenvalue weighted by Gasteiger charge is -2.20. The van der Waals surface area contributed by atoms with Crippen LogP contribution in [0.4, 0.5) is 4.39 Å². The highest BCUT2D eigenvalue weighted by Gasteiger charge is 2.13. The van der Waals surface area contributed by atoms with Gasteiger partial charge in [0.15, 0.2) is 0 Å². The van der Waals surface area contributed by atoms with Gasteiger partial charge in [-0.05, 0) is 36.4 Å². The lowest BCUT2D eigenvalue weighted by molar-refractivity contribution is -0.126. The van der Waals surface area contributed by atoms with Gasteiger partial charge in [-0.1, -0.05) is 22.0 Å². The highest BCUT2D eigenvalue weighted by Crippen LogP contribution is 2.17. The van der Waals surface area contributed by atoms with Gasteiger partial charge in [0.1, 0.15) is 11.6 Å². The minimum Gasteiger partial charge on any atom is -0.465 e. The van der Waals surface area contributed by atoms with Gasteiger partial charge >= 0.3 is 0 Å². The Kier molecular flexibility index (Phi) is 5.72. The Morgan fingerprint density at radius 1 is 1.41 bits per heavy atom. The Morgan fingerprint density at radius 2 is 2.23 bits per heavy atom. The maximum Gasteiger partial charge on any atom is 0.247 e. The molecule has 0 spiro atoms. The van der Waals surface area contributed by atoms with E-state index < -0.39 is 0 Å². The van der Waals surface area contributed by atoms with Crippen molar-refractivity contribution in [2.24, 2.45) is 0 Å². The number of furan rings is 1. The molecule has 0 aliphatic rings. The van der Waals surface area contributed by atoms with Crippen molar-refractivity contribution < 1.29 is 13.6 Å². The zero-order valence-corrected chi connectivity index (χ0v) is 13.4. The van der Waals surface area contributed by atoms with Gasteiger partial charge in [-0.3, -0.25) is 4.79 Å². The van der Waals surface area contributed by atoms with Crippen LogP contribution < -0.4 is 0 Å². The SMILES string of the molecule is C=CCN(Cc1cc(Br)ccc1F)C(=O)/C=C/c1ccco1. The molecule has 5 heteroatoms. The van der Waals surface area contributed by atoms with Crippen LogP contribution in [-0.2, 0) is 11.3 Å². The van der Waals surface area contributed by atoms with Gasteiger partial charge in [0.05, 0.1) is 6.26 Å². The van der Waals surface area contributed by atoms with Crippen LogP contribution in [-0.4, -0.2) is 17.4 Å². The smallest absolute Gasteiger partial charge is 0.247 e. The third-order valence-corrected chi connectivity index (χ3v) is 3.46. The predicted octanol–water partition coefficient (Wildman–Crippen LogP) is 4.41. The molecule has 0 radical (unpaired) electrons. The molecular weight excluding hydrogens is 349 g/mol. The van der Waals surface area contributed by atoms with Crippen molar-refractivity contribution in [2.75, 3.05) is 6.54 Å². The molecule has 0 fully saturated rings. The van der Waals surface area contributed by atoms with Crippen LogP contribution in [0.5, 0.6) is 0 Å². The van der Waals surface area contributed by atoms with E-state index in [2.05, 4.69) is 22.5 Å². The summed E-state index contributed by atoms with van der Waals surface area (Å²) in [4.78, 5) is 13.7. The van der Waals surface area contributed by atoms with Crippen molar-refractivity contribution in [2.45, 2.75) is 6.54 Å². The van der Waals surface area contributed by atoms with Crippen LogP contribution in [0.2, 0.25) is 0 Å². The van der Waals surface area contributed by atoms with Gasteiger partial charge in [-0.25, -0.2) is 4.39 Å². The summed E-state index contributed by atoms with van der Waals surface area (Å²) < 4.78 is 19.7. The third-order valence-electron chi connectivity index (χ3n) is 2.96. The second-order valence-corrected chi connectivity index (χ2v) is 5.51. The summed E-state index contributed by atoms with van der Waals surface area (Å²) in [5, 5.41) is 0. The van der Waals surface area contributed by atoms with E-state index in [1.807, 2.05) is 0 Å². The van der Waals surface area contributed by atoms with Crippen molar-refractivity contribution in [3.63, 3.8) is 0 Å². The van der Waals surface area contributed by atoms with Crippen molar-refractivity contribution in [3.05, 3.63) is 76.9 Å². The maximum absolute atomic E-state index is 13.8. The molecule has 2 rings (SSSR count). The Bertz CT molecular complexity index is 680. The van der Waals surface area contributed by atoms with Crippen LogP contribution >= 0.6 is 15.9 Å². The van der Waals surface area contributed by atoms with Gasteiger partial charge in [0.25, 0.3) is 0 Å². The summed E-state index contributed by atoms with van der Waals surface area (Å²) in [5.41, 5.74) is 0.441. The summed E-state index contributed by atoms with van der Waals surface area (Å²) in [6.07, 6.45) is 6.12. The summed E-state index contributed by atoms with van der Waals surface area (Å²) in [7, 11) is 0. The largest absolute Gasteiger partial charge is 0.465 e. The van der Waals surface area contributed by atoms with Gasteiger partial charge in [0, 0.05) is 29.2 Å². The van der Waals surface area contributed by atoms with E-state index in [1.54, 1.807) is 36.4 Å². The average Bonchev–Trinajstić information content (AvgIpc) is 3.01. The fraction of sp³-hybridized carbons (Fsp3) is 0.118. The molecule has 0 saturated carbocycles. The fourth-order valence-electron chi connectivity index (χ4n) is 1.90. The molecule has 114 valence electrons. The minimum atomic E-state index is -0.347. The van der Waals surface area contributed by atoms with Gasteiger partial charge in [-0.15, -0.1) is 6.58 Å². The zero-order valence-electron chi connectivity index (χ0n) is 11.8. The Labute approximate surface area is 136 Å². The molecule has 0 unspecified atom stereocenters. The number of hydrogen-bond acceptors (Lipinski definition) is 2. The molecule has 0 aliphatic heterocycles. The summed E-state index contributed by atoms with van der Waals surface area (Å²) >= 11 is 3.30. The first-order valence-corrected chi connectivity index (χ1v) is 7.45. The topological polar surface area (TPSA) is 33.5 Å². The van der Waals surface area contributed by atoms with Crippen LogP contribution in [0.1, 0.15) is 11.3 Å². The van der Waals surface area contributed by atoms with E-state index in [0.717, 1.165) is 4.47 Å². The standard InChI is InChI=1S/C17H15BrFNO2/c1-2-9-20(12-13-11-14(18)5-7-16(13)19)17(21)8-6-15-4-3-10-22-15/h2-8,10-11H,1,9,12H2/b8-6+. The van der Waals surface area contributed by atoms with Crippen molar-refractivity contribution in [3.8, 4) is 0 Å². The quantitative estimate of drug-likeness (QED) is 0.562. The van der Waals surface area contributed by atoms with Crippen LogP contribution in [0, 0.1) is 5.82 Å². The first-order chi connectivity index (χ1) is 10.6.